The maximum atomic E-state index is 13.5. The number of methoxy groups -OCH3 is 6. The molecule has 6 fully saturated rings. The molecular formula is C88H104N6O23. The third kappa shape index (κ3) is 18.6. The van der Waals surface area contributed by atoms with Gasteiger partial charge in [-0.1, -0.05) is 36.4 Å². The predicted molar refractivity (Wildman–Crippen MR) is 430 cm³/mol. The number of aliphatic hydroxyl groups excluding tert-OH is 3. The highest BCUT2D eigenvalue weighted by Crippen LogP contribution is 2.50. The van der Waals surface area contributed by atoms with Crippen LogP contribution in [0.5, 0.6) is 51.7 Å². The number of hydrogen-bond acceptors (Lipinski definition) is 26. The molecular weight excluding hydrogens is 1510 g/mol. The molecule has 624 valence electrons. The average molecular weight is 1610 g/mol. The van der Waals surface area contributed by atoms with Gasteiger partial charge in [-0.15, -0.1) is 0 Å². The predicted octanol–water partition coefficient (Wildman–Crippen LogP) is 8.91. The number of carbonyl (C=O) groups excluding carboxylic acids is 7. The van der Waals surface area contributed by atoms with Gasteiger partial charge in [-0.3, -0.25) is 48.3 Å². The molecule has 6 atom stereocenters. The van der Waals surface area contributed by atoms with E-state index in [0.29, 0.717) is 173 Å². The maximum Gasteiger partial charge on any atom is 0.302 e. The van der Waals surface area contributed by atoms with Crippen LogP contribution in [0.15, 0.2) is 126 Å². The molecule has 0 aliphatic carbocycles. The van der Waals surface area contributed by atoms with Crippen LogP contribution in [-0.2, 0) is 71.8 Å². The van der Waals surface area contributed by atoms with Crippen molar-refractivity contribution < 1.29 is 110 Å². The van der Waals surface area contributed by atoms with Crippen LogP contribution in [0, 0.1) is 0 Å². The van der Waals surface area contributed by atoms with Gasteiger partial charge in [0.1, 0.15) is 52.8 Å². The first-order valence-corrected chi connectivity index (χ1v) is 39.5. The van der Waals surface area contributed by atoms with E-state index in [1.807, 2.05) is 39.0 Å². The van der Waals surface area contributed by atoms with Crippen LogP contribution < -0.4 is 42.6 Å². The van der Waals surface area contributed by atoms with Crippen LogP contribution in [0.4, 0.5) is 0 Å². The number of carbonyl (C=O) groups is 7. The minimum atomic E-state index is -0.838. The molecule has 3 amide bonds. The van der Waals surface area contributed by atoms with Gasteiger partial charge < -0.3 is 91.6 Å². The van der Waals surface area contributed by atoms with E-state index >= 15 is 0 Å². The summed E-state index contributed by atoms with van der Waals surface area (Å²) in [6, 6.07) is 29.5. The lowest BCUT2D eigenvalue weighted by molar-refractivity contribution is -0.140. The molecule has 0 spiro atoms. The lowest BCUT2D eigenvalue weighted by Crippen LogP contribution is -2.42. The first kappa shape index (κ1) is 85.2. The fourth-order valence-electron chi connectivity index (χ4n) is 16.3. The summed E-state index contributed by atoms with van der Waals surface area (Å²) in [5, 5.41) is 34.5. The fraction of sp³-hybridized carbons (Fsp3) is 0.443. The normalized spacial score (nSPS) is 22.4. The third-order valence-electron chi connectivity index (χ3n) is 21.9. The first-order chi connectivity index (χ1) is 56.5. The number of rotatable bonds is 22. The second-order valence-corrected chi connectivity index (χ2v) is 29.4. The van der Waals surface area contributed by atoms with Gasteiger partial charge in [0.15, 0.2) is 34.5 Å². The molecule has 0 bridgehead atoms. The van der Waals surface area contributed by atoms with Crippen molar-refractivity contribution in [1.29, 1.82) is 0 Å². The average Bonchev–Trinajstić information content (AvgIpc) is 1.63. The number of ether oxygens (including phenoxy) is 13. The van der Waals surface area contributed by atoms with Crippen molar-refractivity contribution >= 4 is 58.3 Å². The van der Waals surface area contributed by atoms with Gasteiger partial charge in [-0.25, -0.2) is 0 Å². The van der Waals surface area contributed by atoms with Gasteiger partial charge in [0.25, 0.3) is 35.1 Å². The highest BCUT2D eigenvalue weighted by Gasteiger charge is 2.51. The van der Waals surface area contributed by atoms with E-state index in [1.165, 1.54) is 64.3 Å². The molecule has 6 aromatic rings. The highest BCUT2D eigenvalue weighted by molar-refractivity contribution is 6.48. The van der Waals surface area contributed by atoms with Crippen LogP contribution >= 0.6 is 0 Å². The van der Waals surface area contributed by atoms with E-state index in [9.17, 15) is 48.9 Å². The van der Waals surface area contributed by atoms with Gasteiger partial charge >= 0.3 is 5.97 Å². The quantitative estimate of drug-likeness (QED) is 0.0247. The van der Waals surface area contributed by atoms with Crippen molar-refractivity contribution in [2.45, 2.75) is 90.3 Å². The Hall–Kier alpha value is -11.2. The Balaban J connectivity index is 0.000000156. The number of esters is 1. The van der Waals surface area contributed by atoms with Gasteiger partial charge in [-0.2, -0.15) is 0 Å². The summed E-state index contributed by atoms with van der Waals surface area (Å²) in [7, 11) is 9.15. The summed E-state index contributed by atoms with van der Waals surface area (Å²) in [5.74, 6) is -0.0286. The number of benzene rings is 6. The molecule has 3 N–H and O–H groups in total. The summed E-state index contributed by atoms with van der Waals surface area (Å²) in [4.78, 5) is 102. The summed E-state index contributed by atoms with van der Waals surface area (Å²) >= 11 is 0. The van der Waals surface area contributed by atoms with E-state index in [2.05, 4.69) is 19.4 Å². The number of amides is 3. The van der Waals surface area contributed by atoms with E-state index in [-0.39, 0.29) is 58.3 Å². The second-order valence-electron chi connectivity index (χ2n) is 29.4. The standard InChI is InChI=1S/3C28H32N2O7.C4H8O2/c3*1-17-15-19-16-18(7-8-21(19)37-17)25(31)23-24(20-5-4-6-22(34-2)27(20)35-3)30(28(33)26(23)32)10-9-29-11-13-36-14-12-29;1-3-6-4(2)5/h3*4-8,16-17,24,31H,9-15H2,1-3H3;3H2,1-2H3/b3*25-23+;. The number of aliphatic hydroxyl groups is 3. The molecule has 15 rings (SSSR count). The maximum absolute atomic E-state index is 13.5. The lowest BCUT2D eigenvalue weighted by atomic mass is 9.93. The Morgan fingerprint density at radius 2 is 0.667 bits per heavy atom. The Bertz CT molecular complexity index is 4320. The van der Waals surface area contributed by atoms with Gasteiger partial charge in [0, 0.05) is 138 Å². The number of para-hydroxylation sites is 3. The number of Topliss-reactive ketones (excluding diaryl/α,β-unsaturated/α-hetero) is 3. The molecule has 0 aromatic heterocycles. The van der Waals surface area contributed by atoms with E-state index in [0.717, 1.165) is 73.2 Å². The molecule has 6 saturated heterocycles. The fourth-order valence-corrected chi connectivity index (χ4v) is 16.3. The van der Waals surface area contributed by atoms with Crippen molar-refractivity contribution in [3.63, 3.8) is 0 Å². The second kappa shape index (κ2) is 38.7. The molecule has 117 heavy (non-hydrogen) atoms. The topological polar surface area (TPSA) is 320 Å². The Labute approximate surface area is 680 Å². The molecule has 29 nitrogen and oxygen atoms in total. The summed E-state index contributed by atoms with van der Waals surface area (Å²) < 4.78 is 71.6. The van der Waals surface area contributed by atoms with Crippen LogP contribution in [0.25, 0.3) is 17.3 Å². The van der Waals surface area contributed by atoms with Gasteiger partial charge in [0.05, 0.1) is 124 Å². The largest absolute Gasteiger partial charge is 0.507 e. The summed E-state index contributed by atoms with van der Waals surface area (Å²) in [6.45, 7) is 20.6. The number of likely N-dealkylation sites (tertiary alicyclic amines) is 3. The Kier molecular flexibility index (Phi) is 28.2. The first-order valence-electron chi connectivity index (χ1n) is 39.5. The van der Waals surface area contributed by atoms with Gasteiger partial charge in [-0.05, 0) is 117 Å². The number of morpholine rings is 3. The molecule has 9 aliphatic rings. The SMILES string of the molecule is CCOC(C)=O.COc1cccc(C2/C(=C(\O)c3ccc4c(c3)CC(C)O4)C(=O)C(=O)N2CCN2CCOCC2)c1OC.COc1cccc(C2/C(=C(\O)c3ccc4c(c3)CC(C)O4)C(=O)C(=O)N2CCN2CCOCC2)c1OC.COc1cccc(C2/C(=C(\O)c3ccc4c(c3)CC(C)O4)C(=O)C(=O)N2CCN2CCOCC2)c1OC. The van der Waals surface area contributed by atoms with E-state index < -0.39 is 53.2 Å². The molecule has 0 radical (unpaired) electrons. The number of ketones is 3. The lowest BCUT2D eigenvalue weighted by Gasteiger charge is -2.31. The summed E-state index contributed by atoms with van der Waals surface area (Å²) in [6.07, 6.45) is 2.24. The molecule has 6 unspecified atom stereocenters. The zero-order valence-electron chi connectivity index (χ0n) is 68.1. The van der Waals surface area contributed by atoms with Crippen LogP contribution in [0.2, 0.25) is 0 Å². The molecule has 6 aromatic carbocycles. The van der Waals surface area contributed by atoms with Crippen molar-refractivity contribution in [3.05, 3.63) is 176 Å². The van der Waals surface area contributed by atoms with Crippen LogP contribution in [0.3, 0.4) is 0 Å². The third-order valence-corrected chi connectivity index (χ3v) is 21.9. The van der Waals surface area contributed by atoms with Crippen molar-refractivity contribution in [2.75, 3.05) is 167 Å². The molecule has 29 heteroatoms. The zero-order chi connectivity index (χ0) is 83.3. The van der Waals surface area contributed by atoms with Gasteiger partial charge in [0.2, 0.25) is 0 Å². The Morgan fingerprint density at radius 1 is 0.393 bits per heavy atom. The monoisotopic (exact) mass is 1610 g/mol. The summed E-state index contributed by atoms with van der Waals surface area (Å²) in [5.41, 5.74) is 6.07. The smallest absolute Gasteiger partial charge is 0.302 e. The molecule has 9 aliphatic heterocycles. The Morgan fingerprint density at radius 3 is 0.897 bits per heavy atom. The van der Waals surface area contributed by atoms with Crippen molar-refractivity contribution in [1.82, 2.24) is 29.4 Å². The minimum absolute atomic E-state index is 0.0328. The number of hydrogen-bond donors (Lipinski definition) is 3. The number of nitrogens with zero attached hydrogens (tertiary/aromatic N) is 6. The van der Waals surface area contributed by atoms with E-state index in [4.69, 9.17) is 56.8 Å². The van der Waals surface area contributed by atoms with E-state index in [1.54, 1.807) is 97.9 Å². The molecule has 9 heterocycles. The minimum Gasteiger partial charge on any atom is -0.507 e. The van der Waals surface area contributed by atoms with Crippen LogP contribution in [-0.4, -0.2) is 272 Å². The van der Waals surface area contributed by atoms with Crippen LogP contribution in [0.1, 0.15) is 103 Å². The zero-order valence-corrected chi connectivity index (χ0v) is 68.1. The highest BCUT2D eigenvalue weighted by atomic mass is 16.5. The van der Waals surface area contributed by atoms with Crippen molar-refractivity contribution in [2.24, 2.45) is 0 Å². The van der Waals surface area contributed by atoms with Crippen molar-refractivity contribution in [3.8, 4) is 51.7 Å². The number of fused-ring (bicyclic) bond motifs is 3. The molecule has 0 saturated carbocycles.